The normalized spacial score (nSPS) is 12.5. The number of aromatic hydroxyl groups is 5. The van der Waals surface area contributed by atoms with Gasteiger partial charge >= 0.3 is 0 Å². The van der Waals surface area contributed by atoms with Gasteiger partial charge in [0.1, 0.15) is 45.6 Å². The monoisotopic (exact) mass is 478 g/mol. The van der Waals surface area contributed by atoms with Gasteiger partial charge in [0.15, 0.2) is 11.6 Å². The summed E-state index contributed by atoms with van der Waals surface area (Å²) < 4.78 is 5.28. The molecule has 0 aliphatic carbocycles. The number of phenols is 5. The zero-order chi connectivity index (χ0) is 26.3. The fourth-order valence-corrected chi connectivity index (χ4v) is 3.80. The summed E-state index contributed by atoms with van der Waals surface area (Å²) in [5.41, 5.74) is -3.14. The molecule has 0 spiro atoms. The average Bonchev–Trinajstić information content (AvgIpc) is 2.70. The van der Waals surface area contributed by atoms with Crippen molar-refractivity contribution >= 4 is 11.6 Å². The van der Waals surface area contributed by atoms with Crippen molar-refractivity contribution in [3.05, 3.63) is 33.4 Å². The van der Waals surface area contributed by atoms with E-state index in [-0.39, 0.29) is 28.0 Å². The molecular weight excluding hydrogens is 448 g/mol. The van der Waals surface area contributed by atoms with Crippen molar-refractivity contribution in [2.45, 2.75) is 59.2 Å². The minimum absolute atomic E-state index is 0.0330. The van der Waals surface area contributed by atoms with Gasteiger partial charge in [0.2, 0.25) is 0 Å². The van der Waals surface area contributed by atoms with Crippen molar-refractivity contribution in [2.75, 3.05) is 7.11 Å². The lowest BCUT2D eigenvalue weighted by Crippen LogP contribution is -2.37. The molecule has 0 amide bonds. The number of methoxy groups -OCH3 is 1. The van der Waals surface area contributed by atoms with Crippen LogP contribution in [0.15, 0.2) is 0 Å². The highest BCUT2D eigenvalue weighted by molar-refractivity contribution is 6.02. The average molecular weight is 478 g/mol. The van der Waals surface area contributed by atoms with Gasteiger partial charge in [-0.15, -0.1) is 0 Å². The first-order valence-electron chi connectivity index (χ1n) is 10.4. The van der Waals surface area contributed by atoms with E-state index in [0.29, 0.717) is 0 Å². The molecule has 0 fully saturated rings. The minimum Gasteiger partial charge on any atom is -0.507 e. The molecule has 186 valence electrons. The second-order valence-electron chi connectivity index (χ2n) is 8.75. The maximum absolute atomic E-state index is 12.2. The number of phenolic OH excluding ortho intramolecular Hbond substituents is 5. The van der Waals surface area contributed by atoms with Crippen molar-refractivity contribution in [3.8, 4) is 34.5 Å². The van der Waals surface area contributed by atoms with Gasteiger partial charge < -0.3 is 40.5 Å². The summed E-state index contributed by atoms with van der Waals surface area (Å²) in [5, 5.41) is 73.8. The number of aliphatic hydroxyl groups is 2. The third kappa shape index (κ3) is 4.59. The van der Waals surface area contributed by atoms with E-state index in [1.54, 1.807) is 0 Å². The summed E-state index contributed by atoms with van der Waals surface area (Å²) in [7, 11) is 1.25. The van der Waals surface area contributed by atoms with Gasteiger partial charge in [0.25, 0.3) is 0 Å². The van der Waals surface area contributed by atoms with Crippen molar-refractivity contribution in [2.24, 2.45) is 0 Å². The Hall–Kier alpha value is -3.50. The Morgan fingerprint density at radius 3 is 1.71 bits per heavy atom. The molecule has 10 heteroatoms. The molecule has 2 aromatic carbocycles. The van der Waals surface area contributed by atoms with Gasteiger partial charge in [-0.3, -0.25) is 9.59 Å². The first-order valence-corrected chi connectivity index (χ1v) is 10.4. The zero-order valence-corrected chi connectivity index (χ0v) is 19.8. The number of ketones is 2. The van der Waals surface area contributed by atoms with E-state index in [1.165, 1.54) is 27.9 Å². The Kier molecular flexibility index (Phi) is 7.39. The molecule has 34 heavy (non-hydrogen) atoms. The number of carbonyl (C=O) groups is 2. The molecule has 7 N–H and O–H groups in total. The summed E-state index contributed by atoms with van der Waals surface area (Å²) in [6, 6.07) is 0. The van der Waals surface area contributed by atoms with Crippen LogP contribution in [-0.4, -0.2) is 66.1 Å². The SMILES string of the molecule is COc1c(C)c(O)c(C(C)=O)c(O)c1Cc1c(O)c(CC(O)C(C)(C)O)c(O)c(C(C)=O)c1O. The van der Waals surface area contributed by atoms with Crippen LogP contribution in [0.25, 0.3) is 0 Å². The van der Waals surface area contributed by atoms with Gasteiger partial charge in [-0.1, -0.05) is 0 Å². The van der Waals surface area contributed by atoms with Crippen molar-refractivity contribution in [1.82, 2.24) is 0 Å². The standard InChI is InChI=1S/C24H30O10/c1-9-18(28)16(10(2)25)22(32)14(23(9)34-6)7-12-19(29)13(8-15(27)24(4,5)33)21(31)17(11(3)26)20(12)30/h15,27-33H,7-8H2,1-6H3. The summed E-state index contributed by atoms with van der Waals surface area (Å²) in [6.07, 6.45) is -2.43. The Balaban J connectivity index is 2.89. The predicted molar refractivity (Wildman–Crippen MR) is 121 cm³/mol. The second-order valence-corrected chi connectivity index (χ2v) is 8.75. The van der Waals surface area contributed by atoms with Gasteiger partial charge in [-0.05, 0) is 34.6 Å². The molecule has 0 aliphatic heterocycles. The summed E-state index contributed by atoms with van der Waals surface area (Å²) in [4.78, 5) is 24.3. The molecule has 0 heterocycles. The maximum Gasteiger partial charge on any atom is 0.167 e. The lowest BCUT2D eigenvalue weighted by Gasteiger charge is -2.26. The Morgan fingerprint density at radius 2 is 1.26 bits per heavy atom. The van der Waals surface area contributed by atoms with Crippen LogP contribution in [-0.2, 0) is 12.8 Å². The lowest BCUT2D eigenvalue weighted by molar-refractivity contribution is -0.0473. The zero-order valence-electron chi connectivity index (χ0n) is 19.8. The number of Topliss-reactive ketones (excluding diaryl/α,β-unsaturated/α-hetero) is 2. The molecule has 0 saturated heterocycles. The smallest absolute Gasteiger partial charge is 0.167 e. The van der Waals surface area contributed by atoms with Crippen LogP contribution in [0.2, 0.25) is 0 Å². The Bertz CT molecular complexity index is 1160. The van der Waals surface area contributed by atoms with Gasteiger partial charge in [-0.25, -0.2) is 0 Å². The van der Waals surface area contributed by atoms with Gasteiger partial charge in [0, 0.05) is 35.1 Å². The van der Waals surface area contributed by atoms with Crippen LogP contribution < -0.4 is 4.74 Å². The molecule has 0 saturated carbocycles. The van der Waals surface area contributed by atoms with E-state index in [9.17, 15) is 45.3 Å². The van der Waals surface area contributed by atoms with Crippen LogP contribution in [0.4, 0.5) is 0 Å². The quantitative estimate of drug-likeness (QED) is 0.277. The van der Waals surface area contributed by atoms with E-state index in [1.807, 2.05) is 0 Å². The van der Waals surface area contributed by atoms with E-state index in [4.69, 9.17) is 4.74 Å². The van der Waals surface area contributed by atoms with E-state index in [0.717, 1.165) is 13.8 Å². The van der Waals surface area contributed by atoms with Crippen molar-refractivity contribution in [3.63, 3.8) is 0 Å². The first kappa shape index (κ1) is 26.7. The number of rotatable bonds is 8. The van der Waals surface area contributed by atoms with E-state index in [2.05, 4.69) is 0 Å². The molecule has 0 bridgehead atoms. The van der Waals surface area contributed by atoms with Crippen LogP contribution >= 0.6 is 0 Å². The molecule has 2 rings (SSSR count). The van der Waals surface area contributed by atoms with Crippen molar-refractivity contribution in [1.29, 1.82) is 0 Å². The van der Waals surface area contributed by atoms with E-state index >= 15 is 0 Å². The maximum atomic E-state index is 12.2. The van der Waals surface area contributed by atoms with Crippen LogP contribution in [0.1, 0.15) is 70.7 Å². The second kappa shape index (κ2) is 9.40. The molecule has 0 aromatic heterocycles. The van der Waals surface area contributed by atoms with Crippen molar-refractivity contribution < 1.29 is 50.1 Å². The summed E-state index contributed by atoms with van der Waals surface area (Å²) >= 11 is 0. The summed E-state index contributed by atoms with van der Waals surface area (Å²) in [5.74, 6) is -4.82. The lowest BCUT2D eigenvalue weighted by atomic mass is 9.87. The molecule has 10 nitrogen and oxygen atoms in total. The number of ether oxygens (including phenoxy) is 1. The topological polar surface area (TPSA) is 185 Å². The fraction of sp³-hybridized carbons (Fsp3) is 0.417. The molecule has 0 radical (unpaired) electrons. The number of hydrogen-bond donors (Lipinski definition) is 7. The Labute approximate surface area is 196 Å². The highest BCUT2D eigenvalue weighted by Gasteiger charge is 2.33. The number of benzene rings is 2. The molecule has 1 atom stereocenters. The van der Waals surface area contributed by atoms with Gasteiger partial charge in [-0.2, -0.15) is 0 Å². The third-order valence-corrected chi connectivity index (χ3v) is 5.82. The highest BCUT2D eigenvalue weighted by Crippen LogP contribution is 2.48. The largest absolute Gasteiger partial charge is 0.507 e. The molecule has 0 aliphatic rings. The van der Waals surface area contributed by atoms with Gasteiger partial charge in [0.05, 0.1) is 18.8 Å². The molecular formula is C24H30O10. The van der Waals surface area contributed by atoms with Crippen LogP contribution in [0.5, 0.6) is 34.5 Å². The molecule has 1 unspecified atom stereocenters. The number of hydrogen-bond acceptors (Lipinski definition) is 10. The minimum atomic E-state index is -1.63. The highest BCUT2D eigenvalue weighted by atomic mass is 16.5. The fourth-order valence-electron chi connectivity index (χ4n) is 3.80. The van der Waals surface area contributed by atoms with Crippen LogP contribution in [0.3, 0.4) is 0 Å². The third-order valence-electron chi connectivity index (χ3n) is 5.82. The van der Waals surface area contributed by atoms with E-state index < -0.39 is 76.0 Å². The first-order chi connectivity index (χ1) is 15.6. The Morgan fingerprint density at radius 1 is 0.824 bits per heavy atom. The predicted octanol–water partition coefficient (Wildman–Crippen LogP) is 2.20. The number of aliphatic hydroxyl groups excluding tert-OH is 1. The summed E-state index contributed by atoms with van der Waals surface area (Å²) in [6.45, 7) is 6.26. The number of carbonyl (C=O) groups excluding carboxylic acids is 2. The van der Waals surface area contributed by atoms with Crippen LogP contribution in [0, 0.1) is 6.92 Å². The molecule has 2 aromatic rings.